The van der Waals surface area contributed by atoms with Crippen LogP contribution in [0.2, 0.25) is 0 Å². The largest absolute Gasteiger partial charge is 0.368 e. The van der Waals surface area contributed by atoms with Gasteiger partial charge in [0.1, 0.15) is 0 Å². The molecule has 2 atom stereocenters. The van der Waals surface area contributed by atoms with Crippen molar-refractivity contribution in [1.82, 2.24) is 15.1 Å². The summed E-state index contributed by atoms with van der Waals surface area (Å²) in [7, 11) is 0. The summed E-state index contributed by atoms with van der Waals surface area (Å²) in [4.78, 5) is 16.4. The van der Waals surface area contributed by atoms with Gasteiger partial charge in [-0.15, -0.1) is 0 Å². The molecule has 1 saturated heterocycles. The first-order valence-corrected chi connectivity index (χ1v) is 8.07. The van der Waals surface area contributed by atoms with Gasteiger partial charge in [0.05, 0.1) is 6.04 Å². The molecule has 0 radical (unpaired) electrons. The van der Waals surface area contributed by atoms with Gasteiger partial charge in [-0.2, -0.15) is 0 Å². The van der Waals surface area contributed by atoms with Gasteiger partial charge in [-0.25, -0.2) is 0 Å². The van der Waals surface area contributed by atoms with Crippen LogP contribution in [0.15, 0.2) is 0 Å². The second kappa shape index (κ2) is 9.32. The van der Waals surface area contributed by atoms with E-state index in [1.807, 2.05) is 0 Å². The van der Waals surface area contributed by atoms with Gasteiger partial charge in [-0.1, -0.05) is 13.8 Å². The number of carbonyl (C=O) groups excluding carboxylic acids is 1. The first kappa shape index (κ1) is 17.4. The lowest BCUT2D eigenvalue weighted by atomic mass is 10.1. The molecular formula is C15H32N4O. The van der Waals surface area contributed by atoms with Crippen LogP contribution in [0.4, 0.5) is 0 Å². The molecule has 20 heavy (non-hydrogen) atoms. The number of primary amides is 1. The van der Waals surface area contributed by atoms with E-state index in [0.717, 1.165) is 52.1 Å². The quantitative estimate of drug-likeness (QED) is 0.652. The van der Waals surface area contributed by atoms with Crippen LogP contribution < -0.4 is 11.1 Å². The number of carbonyl (C=O) groups is 1. The van der Waals surface area contributed by atoms with Crippen LogP contribution in [-0.2, 0) is 4.79 Å². The van der Waals surface area contributed by atoms with Gasteiger partial charge in [0.15, 0.2) is 0 Å². The van der Waals surface area contributed by atoms with Crippen LogP contribution in [0, 0.1) is 0 Å². The lowest BCUT2D eigenvalue weighted by molar-refractivity contribution is -0.120. The Labute approximate surface area is 123 Å². The molecule has 0 aromatic heterocycles. The summed E-state index contributed by atoms with van der Waals surface area (Å²) in [6.45, 7) is 12.9. The van der Waals surface area contributed by atoms with Crippen molar-refractivity contribution in [2.75, 3.05) is 39.3 Å². The van der Waals surface area contributed by atoms with Crippen molar-refractivity contribution < 1.29 is 4.79 Å². The molecule has 0 spiro atoms. The van der Waals surface area contributed by atoms with Crippen LogP contribution in [0.3, 0.4) is 0 Å². The third kappa shape index (κ3) is 5.77. The minimum Gasteiger partial charge on any atom is -0.368 e. The zero-order chi connectivity index (χ0) is 15.0. The summed E-state index contributed by atoms with van der Waals surface area (Å²) in [6, 6.07) is 0.504. The van der Waals surface area contributed by atoms with Gasteiger partial charge in [0, 0.05) is 38.8 Å². The Morgan fingerprint density at radius 2 is 1.90 bits per heavy atom. The molecule has 1 heterocycles. The van der Waals surface area contributed by atoms with Crippen LogP contribution >= 0.6 is 0 Å². The van der Waals surface area contributed by atoms with Gasteiger partial charge in [-0.05, 0) is 32.7 Å². The monoisotopic (exact) mass is 284 g/mol. The van der Waals surface area contributed by atoms with Crippen LogP contribution in [0.1, 0.15) is 40.0 Å². The molecule has 1 amide bonds. The van der Waals surface area contributed by atoms with Crippen LogP contribution in [0.25, 0.3) is 0 Å². The number of nitrogens with two attached hydrogens (primary N) is 1. The van der Waals surface area contributed by atoms with Crippen LogP contribution in [0.5, 0.6) is 0 Å². The van der Waals surface area contributed by atoms with Gasteiger partial charge < -0.3 is 16.0 Å². The number of piperazine rings is 1. The first-order chi connectivity index (χ1) is 9.58. The van der Waals surface area contributed by atoms with Crippen molar-refractivity contribution in [2.45, 2.75) is 52.1 Å². The van der Waals surface area contributed by atoms with E-state index >= 15 is 0 Å². The van der Waals surface area contributed by atoms with E-state index in [0.29, 0.717) is 6.04 Å². The summed E-state index contributed by atoms with van der Waals surface area (Å²) < 4.78 is 0. The fourth-order valence-electron chi connectivity index (χ4n) is 2.66. The second-order valence-corrected chi connectivity index (χ2v) is 5.83. The molecule has 1 aliphatic rings. The predicted molar refractivity (Wildman–Crippen MR) is 83.7 cm³/mol. The average Bonchev–Trinajstić information content (AvgIpc) is 2.46. The normalized spacial score (nSPS) is 20.8. The van der Waals surface area contributed by atoms with Crippen LogP contribution in [-0.4, -0.2) is 67.1 Å². The molecule has 0 saturated carbocycles. The van der Waals surface area contributed by atoms with E-state index in [4.69, 9.17) is 5.73 Å². The molecule has 0 aromatic rings. The highest BCUT2D eigenvalue weighted by molar-refractivity contribution is 5.79. The number of hydrogen-bond donors (Lipinski definition) is 2. The highest BCUT2D eigenvalue weighted by Gasteiger charge is 2.21. The maximum atomic E-state index is 11.4. The van der Waals surface area contributed by atoms with Crippen molar-refractivity contribution in [3.8, 4) is 0 Å². The molecule has 0 aliphatic carbocycles. The number of amides is 1. The second-order valence-electron chi connectivity index (χ2n) is 5.83. The van der Waals surface area contributed by atoms with Gasteiger partial charge in [0.25, 0.3) is 0 Å². The predicted octanol–water partition coefficient (Wildman–Crippen LogP) is 0.646. The molecule has 0 bridgehead atoms. The lowest BCUT2D eigenvalue weighted by Crippen LogP contribution is -2.51. The molecule has 1 rings (SSSR count). The zero-order valence-corrected chi connectivity index (χ0v) is 13.4. The smallest absolute Gasteiger partial charge is 0.234 e. The van der Waals surface area contributed by atoms with E-state index in [1.165, 1.54) is 6.42 Å². The lowest BCUT2D eigenvalue weighted by Gasteiger charge is -2.38. The molecular weight excluding hydrogens is 252 g/mol. The Morgan fingerprint density at radius 1 is 1.25 bits per heavy atom. The highest BCUT2D eigenvalue weighted by Crippen LogP contribution is 2.09. The number of nitrogens with one attached hydrogen (secondary N) is 1. The molecule has 118 valence electrons. The van der Waals surface area contributed by atoms with Crippen molar-refractivity contribution in [2.24, 2.45) is 5.73 Å². The fourth-order valence-corrected chi connectivity index (χ4v) is 2.66. The fraction of sp³-hybridized carbons (Fsp3) is 0.933. The molecule has 5 heteroatoms. The van der Waals surface area contributed by atoms with E-state index in [1.54, 1.807) is 0 Å². The highest BCUT2D eigenvalue weighted by atomic mass is 16.1. The van der Waals surface area contributed by atoms with Crippen molar-refractivity contribution in [1.29, 1.82) is 0 Å². The van der Waals surface area contributed by atoms with Gasteiger partial charge in [-0.3, -0.25) is 9.69 Å². The number of nitrogens with zero attached hydrogens (tertiary/aromatic N) is 2. The van der Waals surface area contributed by atoms with E-state index in [9.17, 15) is 4.79 Å². The summed E-state index contributed by atoms with van der Waals surface area (Å²) >= 11 is 0. The summed E-state index contributed by atoms with van der Waals surface area (Å²) in [5.74, 6) is -0.225. The van der Waals surface area contributed by atoms with E-state index < -0.39 is 0 Å². The third-order valence-electron chi connectivity index (χ3n) is 4.34. The Bertz CT molecular complexity index is 277. The minimum atomic E-state index is -0.225. The summed E-state index contributed by atoms with van der Waals surface area (Å²) in [5.41, 5.74) is 5.44. The minimum absolute atomic E-state index is 0.178. The van der Waals surface area contributed by atoms with Gasteiger partial charge >= 0.3 is 0 Å². The number of hydrogen-bond acceptors (Lipinski definition) is 4. The topological polar surface area (TPSA) is 61.6 Å². The van der Waals surface area contributed by atoms with E-state index in [-0.39, 0.29) is 11.9 Å². The summed E-state index contributed by atoms with van der Waals surface area (Å²) in [6.07, 6.45) is 3.06. The molecule has 0 aromatic carbocycles. The SMILES string of the molecule is CCCNC(CCN1CCN(C(C)CC)CC1)C(N)=O. The maximum Gasteiger partial charge on any atom is 0.234 e. The molecule has 1 fully saturated rings. The molecule has 5 nitrogen and oxygen atoms in total. The molecule has 1 aliphatic heterocycles. The Hall–Kier alpha value is -0.650. The third-order valence-corrected chi connectivity index (χ3v) is 4.34. The van der Waals surface area contributed by atoms with Gasteiger partial charge in [0.2, 0.25) is 5.91 Å². The van der Waals surface area contributed by atoms with Crippen molar-refractivity contribution in [3.05, 3.63) is 0 Å². The standard InChI is InChI=1S/C15H32N4O/c1-4-7-17-14(15(16)20)6-8-18-9-11-19(12-10-18)13(3)5-2/h13-14,17H,4-12H2,1-3H3,(H2,16,20). The van der Waals surface area contributed by atoms with Crippen molar-refractivity contribution in [3.63, 3.8) is 0 Å². The zero-order valence-electron chi connectivity index (χ0n) is 13.4. The Kier molecular flexibility index (Phi) is 8.11. The molecule has 3 N–H and O–H groups in total. The summed E-state index contributed by atoms with van der Waals surface area (Å²) in [5, 5.41) is 3.23. The van der Waals surface area contributed by atoms with Crippen molar-refractivity contribution >= 4 is 5.91 Å². The maximum absolute atomic E-state index is 11.4. The Morgan fingerprint density at radius 3 is 2.40 bits per heavy atom. The number of rotatable bonds is 9. The average molecular weight is 284 g/mol. The first-order valence-electron chi connectivity index (χ1n) is 8.07. The molecule has 2 unspecified atom stereocenters. The Balaban J connectivity index is 2.27. The van der Waals surface area contributed by atoms with E-state index in [2.05, 4.69) is 35.9 Å².